The summed E-state index contributed by atoms with van der Waals surface area (Å²) in [6, 6.07) is 6.03. The monoisotopic (exact) mass is 1790 g/mol. The van der Waals surface area contributed by atoms with Gasteiger partial charge >= 0.3 is 41.7 Å². The van der Waals surface area contributed by atoms with E-state index in [1.165, 1.54) is 62.3 Å². The molecule has 125 heavy (non-hydrogen) atoms. The molecule has 37 heteroatoms. The molecular weight excluding hydrogens is 1640 g/mol. The topological polar surface area (TPSA) is 424 Å². The van der Waals surface area contributed by atoms with E-state index in [0.29, 0.717) is 24.8 Å². The van der Waals surface area contributed by atoms with Crippen LogP contribution in [-0.2, 0) is 135 Å². The van der Waals surface area contributed by atoms with Crippen molar-refractivity contribution in [3.63, 3.8) is 0 Å². The molecule has 5 unspecified atom stereocenters. The Morgan fingerprint density at radius 1 is 0.464 bits per heavy atom. The Balaban J connectivity index is 0.000000412. The van der Waals surface area contributed by atoms with Crippen LogP contribution in [0.3, 0.4) is 0 Å². The Kier molecular flexibility index (Phi) is 46.7. The molecule has 7 rings (SSSR count). The standard InChI is InChI=1S/C26H35N3O8.C16H27F2NO5.C16H29NO5.2C15H27NO5/c1-15(30)11-20-23(34-16(2)31)24(35-17(3)32)22(36-25(20)37-26(4,5)6)14-29-13-21(27-28-29)18-9-8-10-19(12-18)33-7;1-8(2)23-14-13(19-15(21)16(6,17)18)10(4)9(3)12(24-14)7-22-11(5)20;1-7-14(19)17-15-11(5)10(4)13(8-20-12(6)18)22-16(15)21-9(2)3;2*1-8(2)20-15-14(16-11(5)17)10(4)9(3)13(21-15)7-19-12(6)18/h8-10,12-13,20,22-25H,11,14H2,1-7H3;8-10,12-14H,7H2,1-6H3,(H,19,21);9-11,13,15-16H,7-8H2,1-6H3,(H,17,19);2*8-10,13-15H,7H2,1-6H3,(H,16,17)/t20-,22-,23-,24+,25?;9-,10+,12-,13-,14?;10-,11+,13-,15-,16?;2*9-,10+,13-,14-,15?/m11111/s1. The van der Waals surface area contributed by atoms with Crippen molar-refractivity contribution in [1.29, 1.82) is 0 Å². The minimum Gasteiger partial charge on any atom is -0.497 e. The largest absolute Gasteiger partial charge is 0.497 e. The second kappa shape index (κ2) is 52.5. The fraction of sp³-hybridized carbons (Fsp3) is 0.784. The lowest BCUT2D eigenvalue weighted by molar-refractivity contribution is -0.308. The highest BCUT2D eigenvalue weighted by Crippen LogP contribution is 2.40. The molecule has 4 amide bonds. The fourth-order valence-corrected chi connectivity index (χ4v) is 14.4. The van der Waals surface area contributed by atoms with Gasteiger partial charge in [0.2, 0.25) is 17.7 Å². The van der Waals surface area contributed by atoms with Crippen LogP contribution in [0.5, 0.6) is 5.75 Å². The van der Waals surface area contributed by atoms with Crippen LogP contribution in [-0.4, -0.2) is 248 Å². The number of rotatable bonds is 31. The maximum Gasteiger partial charge on any atom is 0.321 e. The van der Waals surface area contributed by atoms with Crippen molar-refractivity contribution in [3.8, 4) is 17.0 Å². The molecule has 25 atom stereocenters. The molecule has 2 aromatic rings. The van der Waals surface area contributed by atoms with E-state index in [0.717, 1.165) is 5.56 Å². The van der Waals surface area contributed by atoms with Crippen LogP contribution in [0.15, 0.2) is 30.5 Å². The first kappa shape index (κ1) is 111. The molecule has 714 valence electrons. The zero-order valence-corrected chi connectivity index (χ0v) is 79.1. The molecule has 1 aromatic carbocycles. The van der Waals surface area contributed by atoms with Gasteiger partial charge in [-0.1, -0.05) is 79.7 Å². The van der Waals surface area contributed by atoms with Gasteiger partial charge in [-0.15, -0.1) is 5.10 Å². The summed E-state index contributed by atoms with van der Waals surface area (Å²) < 4.78 is 124. The number of Topliss-reactive ketones (excluding diaryl/α,β-unsaturated/α-hetero) is 1. The predicted octanol–water partition coefficient (Wildman–Crippen LogP) is 9.88. The molecule has 0 radical (unpaired) electrons. The van der Waals surface area contributed by atoms with E-state index in [1.807, 2.05) is 142 Å². The third kappa shape index (κ3) is 38.4. The van der Waals surface area contributed by atoms with Gasteiger partial charge in [-0.25, -0.2) is 4.68 Å². The zero-order valence-electron chi connectivity index (χ0n) is 79.1. The van der Waals surface area contributed by atoms with E-state index in [-0.39, 0.29) is 189 Å². The number of methoxy groups -OCH3 is 1. The van der Waals surface area contributed by atoms with Crippen LogP contribution in [0.1, 0.15) is 221 Å². The number of halogens is 2. The van der Waals surface area contributed by atoms with Crippen molar-refractivity contribution in [3.05, 3.63) is 30.5 Å². The Bertz CT molecular complexity index is 3650. The zero-order chi connectivity index (χ0) is 95.2. The first-order chi connectivity index (χ1) is 58.0. The van der Waals surface area contributed by atoms with Crippen LogP contribution in [0.25, 0.3) is 11.3 Å². The maximum atomic E-state index is 13.2. The third-order valence-corrected chi connectivity index (χ3v) is 21.5. The number of amides is 4. The summed E-state index contributed by atoms with van der Waals surface area (Å²) >= 11 is 0. The summed E-state index contributed by atoms with van der Waals surface area (Å²) in [7, 11) is 1.58. The molecule has 0 spiro atoms. The number of ketones is 1. The smallest absolute Gasteiger partial charge is 0.321 e. The molecule has 5 aliphatic rings. The van der Waals surface area contributed by atoms with E-state index < -0.39 is 103 Å². The number of esters is 6. The van der Waals surface area contributed by atoms with Crippen molar-refractivity contribution in [2.45, 2.75) is 361 Å². The lowest BCUT2D eigenvalue weighted by atomic mass is 9.82. The van der Waals surface area contributed by atoms with Crippen LogP contribution >= 0.6 is 0 Å². The van der Waals surface area contributed by atoms with Crippen molar-refractivity contribution < 1.29 is 142 Å². The summed E-state index contributed by atoms with van der Waals surface area (Å²) in [6.45, 7) is 52.0. The first-order valence-electron chi connectivity index (χ1n) is 43.0. The van der Waals surface area contributed by atoms with Crippen molar-refractivity contribution in [2.75, 3.05) is 33.5 Å². The van der Waals surface area contributed by atoms with Crippen LogP contribution in [0.4, 0.5) is 8.78 Å². The predicted molar refractivity (Wildman–Crippen MR) is 451 cm³/mol. The van der Waals surface area contributed by atoms with Crippen molar-refractivity contribution in [1.82, 2.24) is 36.3 Å². The molecule has 35 nitrogen and oxygen atoms in total. The second-order valence-electron chi connectivity index (χ2n) is 34.8. The summed E-state index contributed by atoms with van der Waals surface area (Å²) in [5.41, 5.74) is 0.777. The third-order valence-electron chi connectivity index (χ3n) is 21.5. The van der Waals surface area contributed by atoms with Gasteiger partial charge in [-0.3, -0.25) is 47.9 Å². The van der Waals surface area contributed by atoms with E-state index in [4.69, 9.17) is 80.5 Å². The number of alkyl halides is 2. The van der Waals surface area contributed by atoms with Gasteiger partial charge in [-0.2, -0.15) is 8.78 Å². The lowest BCUT2D eigenvalue weighted by Crippen LogP contribution is -2.60. The highest BCUT2D eigenvalue weighted by Gasteiger charge is 2.53. The van der Waals surface area contributed by atoms with Gasteiger partial charge in [0.1, 0.15) is 55.9 Å². The summed E-state index contributed by atoms with van der Waals surface area (Å²) in [5.74, 6) is -7.35. The van der Waals surface area contributed by atoms with Crippen LogP contribution in [0.2, 0.25) is 0 Å². The normalized spacial score (nSPS) is 29.6. The number of nitrogens with zero attached hydrogens (tertiary/aromatic N) is 3. The summed E-state index contributed by atoms with van der Waals surface area (Å²) in [6.07, 6.45) is -5.54. The van der Waals surface area contributed by atoms with Gasteiger partial charge < -0.3 is 107 Å². The molecule has 0 saturated carbocycles. The van der Waals surface area contributed by atoms with Gasteiger partial charge in [0.25, 0.3) is 5.91 Å². The van der Waals surface area contributed by atoms with Gasteiger partial charge in [-0.05, 0) is 143 Å². The summed E-state index contributed by atoms with van der Waals surface area (Å²) in [4.78, 5) is 127. The molecule has 5 aliphatic heterocycles. The van der Waals surface area contributed by atoms with Gasteiger partial charge in [0.15, 0.2) is 37.6 Å². The fourth-order valence-electron chi connectivity index (χ4n) is 14.4. The van der Waals surface area contributed by atoms with E-state index in [1.54, 1.807) is 31.8 Å². The van der Waals surface area contributed by atoms with Crippen LogP contribution < -0.4 is 26.0 Å². The molecule has 0 aliphatic carbocycles. The molecule has 5 saturated heterocycles. The number of carbonyl (C=O) groups excluding carboxylic acids is 11. The van der Waals surface area contributed by atoms with E-state index >= 15 is 0 Å². The first-order valence-corrected chi connectivity index (χ1v) is 43.0. The molecular formula is C88H145F2N7O28. The highest BCUT2D eigenvalue weighted by atomic mass is 19.3. The average molecular weight is 1790 g/mol. The quantitative estimate of drug-likeness (QED) is 0.0402. The molecule has 4 N–H and O–H groups in total. The minimum atomic E-state index is -3.49. The second-order valence-corrected chi connectivity index (χ2v) is 34.8. The highest BCUT2D eigenvalue weighted by molar-refractivity contribution is 5.83. The van der Waals surface area contributed by atoms with Crippen LogP contribution in [0, 0.1) is 53.3 Å². The van der Waals surface area contributed by atoms with Crippen molar-refractivity contribution >= 4 is 65.2 Å². The Morgan fingerprint density at radius 2 is 0.808 bits per heavy atom. The number of nitrogens with one attached hydrogen (secondary N) is 4. The van der Waals surface area contributed by atoms with E-state index in [2.05, 4.69) is 38.5 Å². The Labute approximate surface area is 736 Å². The number of hydrogen-bond donors (Lipinski definition) is 4. The number of ether oxygens (including phenoxy) is 17. The molecule has 6 heterocycles. The number of hydrogen-bond acceptors (Lipinski definition) is 30. The SMILES string of the molecule is CC(=O)N[C@H]1C(OC(C)C)O[C@H](COC(C)=O)[C@H](C)[C@@H]1C.CC(=O)N[C@H]1C(OC(C)C)O[C@H](COC(C)=O)[C@H](C)[C@@H]1C.CC(=O)OC[C@H]1OC(OC(C)C)[C@H](NC(=O)C(C)(F)F)[C@@H](C)[C@H]1C.CCC(=O)N[C@H]1C(OC(C)C)O[C@H](COC(C)=O)[C@H](C)[C@@H]1C.COc1cccc(-c2cn(C[C@H]3OC(OC(C)(C)C)[C@H](CC(C)=O)[C@@H](OC(C)=O)[C@H]3OC(C)=O)nn2)c1. The number of carbonyl (C=O) groups is 11. The molecule has 0 bridgehead atoms. The average Bonchev–Trinajstić information content (AvgIpc) is 1.73. The van der Waals surface area contributed by atoms with E-state index in [9.17, 15) is 61.5 Å². The summed E-state index contributed by atoms with van der Waals surface area (Å²) in [5, 5.41) is 19.6. The van der Waals surface area contributed by atoms with Gasteiger partial charge in [0.05, 0.1) is 104 Å². The van der Waals surface area contributed by atoms with Gasteiger partial charge in [0, 0.05) is 80.7 Å². The number of benzene rings is 1. The number of aromatic nitrogens is 3. The molecule has 5 fully saturated rings. The Hall–Kier alpha value is -8.01. The maximum absolute atomic E-state index is 13.2. The molecule has 1 aromatic heterocycles. The Morgan fingerprint density at radius 3 is 1.11 bits per heavy atom. The minimum absolute atomic E-state index is 0.00644. The lowest BCUT2D eigenvalue weighted by Gasteiger charge is -2.46. The van der Waals surface area contributed by atoms with Crippen molar-refractivity contribution in [2.24, 2.45) is 53.3 Å².